The molecule has 0 saturated heterocycles. The molecule has 2 N–H and O–H groups in total. The van der Waals surface area contributed by atoms with E-state index in [1.165, 1.54) is 6.92 Å². The molecule has 0 aromatic heterocycles. The number of alkyl halides is 1. The summed E-state index contributed by atoms with van der Waals surface area (Å²) in [5.74, 6) is 0.665. The van der Waals surface area contributed by atoms with Gasteiger partial charge in [-0.25, -0.2) is 17.5 Å². The summed E-state index contributed by atoms with van der Waals surface area (Å²) in [6.07, 6.45) is 0. The summed E-state index contributed by atoms with van der Waals surface area (Å²) in [6, 6.07) is 14.3. The van der Waals surface area contributed by atoms with Crippen molar-refractivity contribution in [1.29, 1.82) is 0 Å². The summed E-state index contributed by atoms with van der Waals surface area (Å²) in [5, 5.41) is 8.16. The third-order valence-corrected chi connectivity index (χ3v) is 6.05. The van der Waals surface area contributed by atoms with Gasteiger partial charge in [-0.15, -0.1) is 0 Å². The molecule has 2 aromatic carbocycles. The highest BCUT2D eigenvalue weighted by molar-refractivity contribution is 7.90. The molecule has 0 fully saturated rings. The van der Waals surface area contributed by atoms with Gasteiger partial charge in [0.25, 0.3) is 0 Å². The molecule has 0 saturated carbocycles. The fourth-order valence-corrected chi connectivity index (χ4v) is 3.23. The minimum atomic E-state index is -3.52. The van der Waals surface area contributed by atoms with E-state index in [2.05, 4.69) is 4.72 Å². The van der Waals surface area contributed by atoms with Gasteiger partial charge in [-0.3, -0.25) is 0 Å². The predicted octanol–water partition coefficient (Wildman–Crippen LogP) is 3.24. The molecule has 0 aliphatic heterocycles. The zero-order valence-corrected chi connectivity index (χ0v) is 16.6. The molecular weight excluding hydrogens is 369 g/mol. The van der Waals surface area contributed by atoms with Crippen LogP contribution in [0, 0.1) is 0 Å². The number of ether oxygens (including phenoxy) is 1. The molecule has 0 spiro atoms. The first-order chi connectivity index (χ1) is 12.7. The van der Waals surface area contributed by atoms with E-state index in [1.807, 2.05) is 12.1 Å². The Hall–Kier alpha value is -1.96. The van der Waals surface area contributed by atoms with Crippen molar-refractivity contribution in [3.63, 3.8) is 0 Å². The first-order valence-electron chi connectivity index (χ1n) is 8.78. The Labute approximate surface area is 160 Å². The fourth-order valence-electron chi connectivity index (χ4n) is 2.42. The third-order valence-electron chi connectivity index (χ3n) is 4.26. The highest BCUT2D eigenvalue weighted by Crippen LogP contribution is 2.29. The van der Waals surface area contributed by atoms with E-state index >= 15 is 0 Å². The topological polar surface area (TPSA) is 75.6 Å². The van der Waals surface area contributed by atoms with Crippen LogP contribution in [0.25, 0.3) is 11.1 Å². The van der Waals surface area contributed by atoms with Gasteiger partial charge in [0, 0.05) is 6.54 Å². The van der Waals surface area contributed by atoms with Gasteiger partial charge in [-0.05, 0) is 49.6 Å². The maximum atomic E-state index is 15.0. The van der Waals surface area contributed by atoms with Gasteiger partial charge >= 0.3 is 0 Å². The summed E-state index contributed by atoms with van der Waals surface area (Å²) < 4.78 is 46.3. The van der Waals surface area contributed by atoms with Crippen molar-refractivity contribution in [1.82, 2.24) is 4.72 Å². The van der Waals surface area contributed by atoms with Crippen LogP contribution in [0.2, 0.25) is 0 Å². The minimum Gasteiger partial charge on any atom is -0.491 e. The van der Waals surface area contributed by atoms with E-state index in [0.717, 1.165) is 11.1 Å². The number of aliphatic hydroxyl groups excluding tert-OH is 1. The Kier molecular flexibility index (Phi) is 6.97. The maximum Gasteiger partial charge on any atom is 0.214 e. The summed E-state index contributed by atoms with van der Waals surface area (Å²) in [4.78, 5) is 0. The Morgan fingerprint density at radius 1 is 1.07 bits per heavy atom. The number of hydrogen-bond donors (Lipinski definition) is 2. The van der Waals surface area contributed by atoms with E-state index in [0.29, 0.717) is 11.3 Å². The van der Waals surface area contributed by atoms with E-state index in [4.69, 9.17) is 9.84 Å². The Balaban J connectivity index is 2.09. The number of halogens is 1. The van der Waals surface area contributed by atoms with Crippen LogP contribution >= 0.6 is 0 Å². The van der Waals surface area contributed by atoms with Gasteiger partial charge in [0.2, 0.25) is 10.0 Å². The second-order valence-corrected chi connectivity index (χ2v) is 9.11. The van der Waals surface area contributed by atoms with E-state index in [9.17, 15) is 12.8 Å². The van der Waals surface area contributed by atoms with Crippen molar-refractivity contribution in [3.05, 3.63) is 54.1 Å². The highest BCUT2D eigenvalue weighted by Gasteiger charge is 2.28. The van der Waals surface area contributed by atoms with Crippen LogP contribution in [0.3, 0.4) is 0 Å². The quantitative estimate of drug-likeness (QED) is 0.684. The Bertz CT molecular complexity index is 831. The summed E-state index contributed by atoms with van der Waals surface area (Å²) >= 11 is 0. The standard InChI is InChI=1S/C20H26FNO4S/c1-15(2)27(24,25)22-14-20(3,21)18-8-4-16(5-9-18)17-6-10-19(11-7-17)26-13-12-23/h4-11,15,22-23H,12-14H2,1-3H3. The molecular formula is C20H26FNO4S. The number of rotatable bonds is 9. The molecule has 1 unspecified atom stereocenters. The molecule has 7 heteroatoms. The number of sulfonamides is 1. The normalized spacial score (nSPS) is 14.1. The SMILES string of the molecule is CC(C)S(=O)(=O)NCC(C)(F)c1ccc(-c2ccc(OCCO)cc2)cc1. The predicted molar refractivity (Wildman–Crippen MR) is 105 cm³/mol. The van der Waals surface area contributed by atoms with E-state index in [1.54, 1.807) is 50.2 Å². The van der Waals surface area contributed by atoms with Gasteiger partial charge in [0.15, 0.2) is 0 Å². The monoisotopic (exact) mass is 395 g/mol. The van der Waals surface area contributed by atoms with E-state index in [-0.39, 0.29) is 19.8 Å². The highest BCUT2D eigenvalue weighted by atomic mass is 32.2. The van der Waals surface area contributed by atoms with Crippen LogP contribution in [0.5, 0.6) is 5.75 Å². The van der Waals surface area contributed by atoms with Gasteiger partial charge in [-0.2, -0.15) is 0 Å². The average Bonchev–Trinajstić information content (AvgIpc) is 2.65. The largest absolute Gasteiger partial charge is 0.491 e. The molecule has 1 atom stereocenters. The summed E-state index contributed by atoms with van der Waals surface area (Å²) in [5.41, 5.74) is 0.438. The minimum absolute atomic E-state index is 0.0431. The van der Waals surface area contributed by atoms with Crippen LogP contribution in [0.4, 0.5) is 4.39 Å². The van der Waals surface area contributed by atoms with Gasteiger partial charge in [0.1, 0.15) is 18.0 Å². The molecule has 148 valence electrons. The van der Waals surface area contributed by atoms with Gasteiger partial charge in [0.05, 0.1) is 11.9 Å². The van der Waals surface area contributed by atoms with Crippen LogP contribution < -0.4 is 9.46 Å². The number of aliphatic hydroxyl groups is 1. The molecule has 2 aromatic rings. The van der Waals surface area contributed by atoms with Crippen molar-refractivity contribution in [2.24, 2.45) is 0 Å². The third kappa shape index (κ3) is 5.76. The van der Waals surface area contributed by atoms with E-state index < -0.39 is 20.9 Å². The molecule has 0 aliphatic carbocycles. The van der Waals surface area contributed by atoms with Crippen LogP contribution in [0.15, 0.2) is 48.5 Å². The van der Waals surface area contributed by atoms with Crippen LogP contribution in [-0.2, 0) is 15.7 Å². The van der Waals surface area contributed by atoms with Crippen molar-refractivity contribution in [3.8, 4) is 16.9 Å². The first-order valence-corrected chi connectivity index (χ1v) is 10.3. The van der Waals surface area contributed by atoms with Crippen molar-refractivity contribution in [2.45, 2.75) is 31.7 Å². The molecule has 27 heavy (non-hydrogen) atoms. The second kappa shape index (κ2) is 8.82. The molecule has 0 amide bonds. The van der Waals surface area contributed by atoms with Gasteiger partial charge in [-0.1, -0.05) is 36.4 Å². The second-order valence-electron chi connectivity index (χ2n) is 6.79. The van der Waals surface area contributed by atoms with Crippen LogP contribution in [-0.4, -0.2) is 38.5 Å². The lowest BCUT2D eigenvalue weighted by atomic mass is 9.95. The molecule has 2 rings (SSSR count). The lowest BCUT2D eigenvalue weighted by Crippen LogP contribution is -2.39. The number of benzene rings is 2. The number of nitrogens with one attached hydrogen (secondary N) is 1. The Morgan fingerprint density at radius 3 is 2.07 bits per heavy atom. The average molecular weight is 395 g/mol. The van der Waals surface area contributed by atoms with Gasteiger partial charge < -0.3 is 9.84 Å². The summed E-state index contributed by atoms with van der Waals surface area (Å²) in [7, 11) is -3.52. The molecule has 0 aliphatic rings. The summed E-state index contributed by atoms with van der Waals surface area (Å²) in [6.45, 7) is 4.34. The molecule has 5 nitrogen and oxygen atoms in total. The van der Waals surface area contributed by atoms with Crippen molar-refractivity contribution >= 4 is 10.0 Å². The number of hydrogen-bond acceptors (Lipinski definition) is 4. The zero-order valence-electron chi connectivity index (χ0n) is 15.8. The lowest BCUT2D eigenvalue weighted by Gasteiger charge is -2.22. The van der Waals surface area contributed by atoms with Crippen molar-refractivity contribution in [2.75, 3.05) is 19.8 Å². The zero-order chi connectivity index (χ0) is 20.1. The van der Waals surface area contributed by atoms with Crippen LogP contribution in [0.1, 0.15) is 26.3 Å². The molecule has 0 bridgehead atoms. The maximum absolute atomic E-state index is 15.0. The smallest absolute Gasteiger partial charge is 0.214 e. The molecule has 0 radical (unpaired) electrons. The first kappa shape index (κ1) is 21.3. The fraction of sp³-hybridized carbons (Fsp3) is 0.400. The Morgan fingerprint density at radius 2 is 1.59 bits per heavy atom. The lowest BCUT2D eigenvalue weighted by molar-refractivity contribution is 0.196. The molecule has 0 heterocycles. The van der Waals surface area contributed by atoms with Crippen molar-refractivity contribution < 1.29 is 22.7 Å².